The van der Waals surface area contributed by atoms with E-state index < -0.39 is 0 Å². The van der Waals surface area contributed by atoms with Crippen LogP contribution in [0.15, 0.2) is 45.1 Å². The molecule has 31 heavy (non-hydrogen) atoms. The van der Waals surface area contributed by atoms with Crippen molar-refractivity contribution in [2.45, 2.75) is 11.8 Å². The second kappa shape index (κ2) is 11.5. The molecule has 0 aliphatic heterocycles. The van der Waals surface area contributed by atoms with Crippen molar-refractivity contribution in [3.63, 3.8) is 0 Å². The molecule has 0 bridgehead atoms. The Morgan fingerprint density at radius 3 is 2.87 bits per heavy atom. The first-order chi connectivity index (χ1) is 14.8. The lowest BCUT2D eigenvalue weighted by Crippen LogP contribution is -2.19. The highest BCUT2D eigenvalue weighted by molar-refractivity contribution is 14.1. The van der Waals surface area contributed by atoms with E-state index in [0.29, 0.717) is 24.9 Å². The van der Waals surface area contributed by atoms with Crippen LogP contribution in [0.5, 0.6) is 11.5 Å². The first-order valence-corrected chi connectivity index (χ1v) is 12.2. The van der Waals surface area contributed by atoms with Crippen LogP contribution in [-0.4, -0.2) is 33.2 Å². The van der Waals surface area contributed by atoms with E-state index >= 15 is 0 Å². The number of hydrazone groups is 1. The van der Waals surface area contributed by atoms with Crippen molar-refractivity contribution >= 4 is 92.3 Å². The van der Waals surface area contributed by atoms with Gasteiger partial charge in [0.1, 0.15) is 11.5 Å². The molecule has 0 spiro atoms. The third-order valence-corrected chi connectivity index (χ3v) is 6.26. The molecule has 0 aliphatic rings. The van der Waals surface area contributed by atoms with Gasteiger partial charge in [-0.2, -0.15) is 5.10 Å². The number of amides is 1. The van der Waals surface area contributed by atoms with Crippen molar-refractivity contribution in [1.82, 2.24) is 15.6 Å². The van der Waals surface area contributed by atoms with Crippen molar-refractivity contribution in [3.05, 3.63) is 59.0 Å². The fraction of sp³-hybridized carbons (Fsp3) is 0.111. The van der Waals surface area contributed by atoms with Crippen LogP contribution >= 0.6 is 80.1 Å². The largest absolute Gasteiger partial charge is 0.506 e. The molecule has 2 N–H and O–H groups in total. The average molecular weight is 705 g/mol. The van der Waals surface area contributed by atoms with Crippen LogP contribution in [0.3, 0.4) is 0 Å². The van der Waals surface area contributed by atoms with Gasteiger partial charge >= 0.3 is 0 Å². The molecular formula is C18H12Cl2I2N4O4S. The minimum atomic E-state index is -0.370. The van der Waals surface area contributed by atoms with Crippen LogP contribution in [0.4, 0.5) is 0 Å². The van der Waals surface area contributed by atoms with E-state index in [1.807, 2.05) is 28.7 Å². The summed E-state index contributed by atoms with van der Waals surface area (Å²) in [6, 6.07) is 8.44. The maximum absolute atomic E-state index is 12.0. The van der Waals surface area contributed by atoms with E-state index in [2.05, 4.69) is 43.3 Å². The number of hydrogen-bond donors (Lipinski definition) is 2. The van der Waals surface area contributed by atoms with E-state index in [4.69, 9.17) is 32.4 Å². The average Bonchev–Trinajstić information content (AvgIpc) is 3.17. The number of hydrogen-bond acceptors (Lipinski definition) is 8. The normalized spacial score (nSPS) is 11.1. The molecule has 3 rings (SSSR count). The first-order valence-electron chi connectivity index (χ1n) is 8.35. The molecule has 2 aromatic carbocycles. The Balaban J connectivity index is 1.46. The Morgan fingerprint density at radius 1 is 1.29 bits per heavy atom. The molecule has 1 aromatic heterocycles. The van der Waals surface area contributed by atoms with Gasteiger partial charge in [0, 0.05) is 14.2 Å². The summed E-state index contributed by atoms with van der Waals surface area (Å²) < 4.78 is 12.6. The van der Waals surface area contributed by atoms with Gasteiger partial charge in [0.2, 0.25) is 0 Å². The maximum Gasteiger partial charge on any atom is 0.277 e. The number of phenolic OH excluding ortho intramolecular Hbond substituents is 1. The zero-order valence-electron chi connectivity index (χ0n) is 15.3. The fourth-order valence-electron chi connectivity index (χ4n) is 2.10. The van der Waals surface area contributed by atoms with Gasteiger partial charge in [-0.15, -0.1) is 10.2 Å². The number of nitrogens with one attached hydrogen (secondary N) is 1. The Kier molecular flexibility index (Phi) is 9.06. The number of aromatic hydroxyl groups is 1. The lowest BCUT2D eigenvalue weighted by Gasteiger charge is -2.05. The maximum atomic E-state index is 12.0. The topological polar surface area (TPSA) is 110 Å². The summed E-state index contributed by atoms with van der Waals surface area (Å²) >= 11 is 17.1. The molecule has 1 heterocycles. The number of ether oxygens (including phenoxy) is 1. The van der Waals surface area contributed by atoms with Crippen molar-refractivity contribution in [3.8, 4) is 11.5 Å². The zero-order chi connectivity index (χ0) is 22.4. The molecule has 0 unspecified atom stereocenters. The number of thioether (sulfide) groups is 1. The van der Waals surface area contributed by atoms with Crippen LogP contribution in [0.2, 0.25) is 10.0 Å². The van der Waals surface area contributed by atoms with E-state index in [1.165, 1.54) is 6.21 Å². The summed E-state index contributed by atoms with van der Waals surface area (Å²) in [5, 5.41) is 22.7. The number of nitrogens with zero attached hydrogens (tertiary/aromatic N) is 3. The third kappa shape index (κ3) is 7.37. The second-order valence-electron chi connectivity index (χ2n) is 5.73. The lowest BCUT2D eigenvalue weighted by atomic mass is 10.2. The number of phenols is 1. The van der Waals surface area contributed by atoms with E-state index in [9.17, 15) is 9.90 Å². The lowest BCUT2D eigenvalue weighted by molar-refractivity contribution is -0.118. The number of benzene rings is 2. The quantitative estimate of drug-likeness (QED) is 0.145. The highest BCUT2D eigenvalue weighted by atomic mass is 127. The van der Waals surface area contributed by atoms with Gasteiger partial charge in [-0.1, -0.05) is 35.0 Å². The smallest absolute Gasteiger partial charge is 0.277 e. The van der Waals surface area contributed by atoms with Gasteiger partial charge in [-0.25, -0.2) is 5.43 Å². The summed E-state index contributed by atoms with van der Waals surface area (Å²) in [5.41, 5.74) is 2.89. The summed E-state index contributed by atoms with van der Waals surface area (Å²) in [6.45, 7) is 0.0174. The van der Waals surface area contributed by atoms with Gasteiger partial charge in [0.25, 0.3) is 17.0 Å². The van der Waals surface area contributed by atoms with Crippen molar-refractivity contribution in [2.75, 3.05) is 5.75 Å². The number of halogens is 4. The summed E-state index contributed by atoms with van der Waals surface area (Å²) in [7, 11) is 0. The predicted molar refractivity (Wildman–Crippen MR) is 135 cm³/mol. The summed E-state index contributed by atoms with van der Waals surface area (Å²) in [4.78, 5) is 12.0. The van der Waals surface area contributed by atoms with E-state index in [1.54, 1.807) is 24.3 Å². The van der Waals surface area contributed by atoms with E-state index in [-0.39, 0.29) is 35.1 Å². The van der Waals surface area contributed by atoms with Crippen molar-refractivity contribution < 1.29 is 19.1 Å². The van der Waals surface area contributed by atoms with Crippen LogP contribution in [-0.2, 0) is 11.4 Å². The SMILES string of the molecule is O=C(CSc1nnc(COc2ccc(Cl)cc2Cl)o1)N/N=C\c1cc(I)cc(I)c1O. The van der Waals surface area contributed by atoms with Gasteiger partial charge in [-0.05, 0) is 75.5 Å². The Morgan fingerprint density at radius 2 is 2.10 bits per heavy atom. The second-order valence-corrected chi connectivity index (χ2v) is 9.91. The van der Waals surface area contributed by atoms with Crippen LogP contribution < -0.4 is 10.2 Å². The number of carbonyl (C=O) groups excluding carboxylic acids is 1. The molecule has 0 aliphatic carbocycles. The van der Waals surface area contributed by atoms with Crippen LogP contribution in [0.1, 0.15) is 11.5 Å². The molecule has 13 heteroatoms. The fourth-order valence-corrected chi connectivity index (χ4v) is 5.03. The third-order valence-electron chi connectivity index (χ3n) is 3.47. The zero-order valence-corrected chi connectivity index (χ0v) is 22.0. The number of rotatable bonds is 8. The summed E-state index contributed by atoms with van der Waals surface area (Å²) in [5.74, 6) is 0.415. The van der Waals surface area contributed by atoms with Gasteiger partial charge in [-0.3, -0.25) is 4.79 Å². The van der Waals surface area contributed by atoms with Crippen molar-refractivity contribution in [1.29, 1.82) is 0 Å². The minimum Gasteiger partial charge on any atom is -0.506 e. The number of aromatic nitrogens is 2. The molecule has 0 atom stereocenters. The Hall–Kier alpha value is -1.29. The molecule has 8 nitrogen and oxygen atoms in total. The van der Waals surface area contributed by atoms with E-state index in [0.717, 1.165) is 15.3 Å². The van der Waals surface area contributed by atoms with Crippen molar-refractivity contribution in [2.24, 2.45) is 5.10 Å². The molecule has 3 aromatic rings. The molecular weight excluding hydrogens is 693 g/mol. The highest BCUT2D eigenvalue weighted by Gasteiger charge is 2.11. The van der Waals surface area contributed by atoms with Crippen LogP contribution in [0, 0.1) is 7.14 Å². The van der Waals surface area contributed by atoms with Gasteiger partial charge in [0.15, 0.2) is 6.61 Å². The van der Waals surface area contributed by atoms with Gasteiger partial charge in [0.05, 0.1) is 20.6 Å². The highest BCUT2D eigenvalue weighted by Crippen LogP contribution is 2.28. The Bertz CT molecular complexity index is 1130. The molecule has 0 radical (unpaired) electrons. The minimum absolute atomic E-state index is 0.0126. The first kappa shape index (κ1) is 24.4. The molecule has 0 saturated carbocycles. The van der Waals surface area contributed by atoms with Crippen LogP contribution in [0.25, 0.3) is 0 Å². The predicted octanol–water partition coefficient (Wildman–Crippen LogP) is 5.11. The molecule has 1 amide bonds. The number of carbonyl (C=O) groups is 1. The molecule has 0 fully saturated rings. The Labute approximate surface area is 218 Å². The summed E-state index contributed by atoms with van der Waals surface area (Å²) in [6.07, 6.45) is 1.38. The molecule has 0 saturated heterocycles. The monoisotopic (exact) mass is 704 g/mol. The standard InChI is InChI=1S/C18H12Cl2I2N4O4S/c19-10-1-2-14(12(20)4-10)29-7-16-25-26-18(30-16)31-8-15(27)24-23-6-9-3-11(21)5-13(22)17(9)28/h1-6,28H,7-8H2,(H,24,27)/b23-6-. The van der Waals surface area contributed by atoms with Gasteiger partial charge < -0.3 is 14.3 Å². The molecule has 162 valence electrons.